The van der Waals surface area contributed by atoms with E-state index in [9.17, 15) is 4.79 Å². The van der Waals surface area contributed by atoms with E-state index < -0.39 is 0 Å². The van der Waals surface area contributed by atoms with Crippen LogP contribution in [-0.2, 0) is 4.79 Å². The predicted octanol–water partition coefficient (Wildman–Crippen LogP) is 4.83. The minimum atomic E-state index is 0.0566. The van der Waals surface area contributed by atoms with Crippen LogP contribution in [0.25, 0.3) is 0 Å². The number of hydrogen-bond acceptors (Lipinski definition) is 2. The van der Waals surface area contributed by atoms with Crippen LogP contribution < -0.4 is 10.6 Å². The molecule has 0 aromatic heterocycles. The third-order valence-electron chi connectivity index (χ3n) is 3.40. The number of anilines is 1. The van der Waals surface area contributed by atoms with Crippen molar-refractivity contribution < 1.29 is 4.79 Å². The number of amides is 1. The summed E-state index contributed by atoms with van der Waals surface area (Å²) < 4.78 is 2.69. The molecule has 1 fully saturated rings. The van der Waals surface area contributed by atoms with E-state index in [1.807, 2.05) is 12.1 Å². The Labute approximate surface area is 144 Å². The molecule has 1 aromatic carbocycles. The summed E-state index contributed by atoms with van der Waals surface area (Å²) in [5, 5.41) is 6.43. The molecule has 110 valence electrons. The Hall–Kier alpha value is 0.0900. The van der Waals surface area contributed by atoms with Gasteiger partial charge in [0.2, 0.25) is 5.91 Å². The van der Waals surface area contributed by atoms with E-state index in [2.05, 4.69) is 58.4 Å². The fraction of sp³-hybridized carbons (Fsp3) is 0.500. The molecule has 2 N–H and O–H groups in total. The summed E-state index contributed by atoms with van der Waals surface area (Å²) in [7, 11) is 0. The Morgan fingerprint density at radius 1 is 1.25 bits per heavy atom. The highest BCUT2D eigenvalue weighted by Crippen LogP contribution is 2.34. The van der Waals surface area contributed by atoms with E-state index in [0.29, 0.717) is 12.5 Å². The lowest BCUT2D eigenvalue weighted by atomic mass is 10.0. The molecular formula is C14H17Br3N2O. The number of carbonyl (C=O) groups excluding carboxylic acids is 1. The Morgan fingerprint density at radius 3 is 2.55 bits per heavy atom. The normalized spacial score (nSPS) is 18.9. The third-order valence-corrected chi connectivity index (χ3v) is 5.11. The monoisotopic (exact) mass is 466 g/mol. The number of halogens is 3. The topological polar surface area (TPSA) is 41.1 Å². The van der Waals surface area contributed by atoms with Crippen LogP contribution in [0.1, 0.15) is 32.1 Å². The quantitative estimate of drug-likeness (QED) is 0.664. The molecule has 3 nitrogen and oxygen atoms in total. The first-order valence-electron chi connectivity index (χ1n) is 6.74. The summed E-state index contributed by atoms with van der Waals surface area (Å²) in [6.07, 6.45) is 5.15. The summed E-state index contributed by atoms with van der Waals surface area (Å²) in [6.45, 7) is 1.08. The second-order valence-corrected chi connectivity index (χ2v) is 7.60. The van der Waals surface area contributed by atoms with Crippen molar-refractivity contribution in [2.75, 3.05) is 11.9 Å². The molecule has 1 saturated heterocycles. The molecule has 1 aromatic rings. The van der Waals surface area contributed by atoms with Crippen LogP contribution in [0.5, 0.6) is 0 Å². The van der Waals surface area contributed by atoms with E-state index in [-0.39, 0.29) is 5.91 Å². The van der Waals surface area contributed by atoms with Crippen molar-refractivity contribution >= 4 is 59.4 Å². The first-order valence-corrected chi connectivity index (χ1v) is 9.12. The lowest BCUT2D eigenvalue weighted by Crippen LogP contribution is -2.34. The number of hydrogen-bond donors (Lipinski definition) is 2. The van der Waals surface area contributed by atoms with Gasteiger partial charge in [0.1, 0.15) is 0 Å². The number of rotatable bonds is 4. The summed E-state index contributed by atoms with van der Waals surface area (Å²) >= 11 is 10.3. The van der Waals surface area contributed by atoms with Gasteiger partial charge in [-0.25, -0.2) is 0 Å². The fourth-order valence-electron chi connectivity index (χ4n) is 2.34. The zero-order chi connectivity index (χ0) is 14.5. The zero-order valence-electron chi connectivity index (χ0n) is 11.0. The smallest absolute Gasteiger partial charge is 0.224 e. The molecule has 1 aliphatic rings. The first-order chi connectivity index (χ1) is 9.56. The molecule has 1 atom stereocenters. The number of piperidine rings is 1. The summed E-state index contributed by atoms with van der Waals surface area (Å²) in [6, 6.07) is 4.33. The Bertz CT molecular complexity index is 464. The summed E-state index contributed by atoms with van der Waals surface area (Å²) in [4.78, 5) is 12.1. The Morgan fingerprint density at radius 2 is 1.95 bits per heavy atom. The standard InChI is InChI=1S/C14H17Br3N2O/c15-9-7-11(16)14(12(17)8-9)19-13(20)5-4-10-3-1-2-6-18-10/h7-8,10,18H,1-6H2,(H,19,20). The Kier molecular flexibility index (Phi) is 6.52. The molecule has 6 heteroatoms. The number of benzene rings is 1. The second kappa shape index (κ2) is 7.92. The second-order valence-electron chi connectivity index (χ2n) is 4.98. The van der Waals surface area contributed by atoms with Crippen molar-refractivity contribution in [2.45, 2.75) is 38.1 Å². The molecule has 0 spiro atoms. The minimum Gasteiger partial charge on any atom is -0.324 e. The highest BCUT2D eigenvalue weighted by molar-refractivity contribution is 9.11. The highest BCUT2D eigenvalue weighted by atomic mass is 79.9. The SMILES string of the molecule is O=C(CCC1CCCCN1)Nc1c(Br)cc(Br)cc1Br. The van der Waals surface area contributed by atoms with Crippen LogP contribution in [-0.4, -0.2) is 18.5 Å². The number of carbonyl (C=O) groups is 1. The maximum absolute atomic E-state index is 12.1. The van der Waals surface area contributed by atoms with Crippen molar-refractivity contribution in [3.8, 4) is 0 Å². The summed E-state index contributed by atoms with van der Waals surface area (Å²) in [5.74, 6) is 0.0566. The first kappa shape index (κ1) is 16.5. The van der Waals surface area contributed by atoms with Gasteiger partial charge in [0.05, 0.1) is 5.69 Å². The minimum absolute atomic E-state index is 0.0566. The van der Waals surface area contributed by atoms with Crippen molar-refractivity contribution in [3.05, 3.63) is 25.6 Å². The van der Waals surface area contributed by atoms with E-state index >= 15 is 0 Å². The van der Waals surface area contributed by atoms with Crippen LogP contribution in [0.4, 0.5) is 5.69 Å². The van der Waals surface area contributed by atoms with Gasteiger partial charge in [-0.05, 0) is 69.8 Å². The molecule has 0 radical (unpaired) electrons. The van der Waals surface area contributed by atoms with Crippen molar-refractivity contribution in [3.63, 3.8) is 0 Å². The molecule has 1 heterocycles. The highest BCUT2D eigenvalue weighted by Gasteiger charge is 2.15. The molecule has 2 rings (SSSR count). The molecule has 1 unspecified atom stereocenters. The van der Waals surface area contributed by atoms with E-state index in [4.69, 9.17) is 0 Å². The number of nitrogens with one attached hydrogen (secondary N) is 2. The van der Waals surface area contributed by atoms with Crippen LogP contribution >= 0.6 is 47.8 Å². The lowest BCUT2D eigenvalue weighted by molar-refractivity contribution is -0.116. The van der Waals surface area contributed by atoms with Crippen molar-refractivity contribution in [1.29, 1.82) is 0 Å². The van der Waals surface area contributed by atoms with Gasteiger partial charge in [-0.15, -0.1) is 0 Å². The van der Waals surface area contributed by atoms with E-state index in [1.165, 1.54) is 19.3 Å². The van der Waals surface area contributed by atoms with Crippen molar-refractivity contribution in [2.24, 2.45) is 0 Å². The largest absolute Gasteiger partial charge is 0.324 e. The lowest BCUT2D eigenvalue weighted by Gasteiger charge is -2.23. The van der Waals surface area contributed by atoms with Gasteiger partial charge < -0.3 is 10.6 Å². The van der Waals surface area contributed by atoms with Gasteiger partial charge in [-0.3, -0.25) is 4.79 Å². The molecule has 0 bridgehead atoms. The Balaban J connectivity index is 1.88. The van der Waals surface area contributed by atoms with E-state index in [1.54, 1.807) is 0 Å². The maximum Gasteiger partial charge on any atom is 0.224 e. The molecule has 1 aliphatic heterocycles. The van der Waals surface area contributed by atoms with Gasteiger partial charge in [0.15, 0.2) is 0 Å². The van der Waals surface area contributed by atoms with Gasteiger partial charge in [0, 0.05) is 25.9 Å². The summed E-state index contributed by atoms with van der Waals surface area (Å²) in [5.41, 5.74) is 0.787. The zero-order valence-corrected chi connectivity index (χ0v) is 15.8. The van der Waals surface area contributed by atoms with Crippen molar-refractivity contribution in [1.82, 2.24) is 5.32 Å². The fourth-order valence-corrected chi connectivity index (χ4v) is 4.80. The van der Waals surface area contributed by atoms with Crippen LogP contribution in [0.3, 0.4) is 0 Å². The average Bonchev–Trinajstić information content (AvgIpc) is 2.42. The predicted molar refractivity (Wildman–Crippen MR) is 93.0 cm³/mol. The van der Waals surface area contributed by atoms with Crippen LogP contribution in [0.2, 0.25) is 0 Å². The van der Waals surface area contributed by atoms with Gasteiger partial charge in [0.25, 0.3) is 0 Å². The molecule has 0 aliphatic carbocycles. The molecule has 20 heavy (non-hydrogen) atoms. The molecule has 0 saturated carbocycles. The van der Waals surface area contributed by atoms with Crippen LogP contribution in [0.15, 0.2) is 25.6 Å². The van der Waals surface area contributed by atoms with Crippen LogP contribution in [0, 0.1) is 0 Å². The van der Waals surface area contributed by atoms with Gasteiger partial charge in [-0.2, -0.15) is 0 Å². The molecular weight excluding hydrogens is 452 g/mol. The van der Waals surface area contributed by atoms with E-state index in [0.717, 1.165) is 32.1 Å². The third kappa shape index (κ3) is 4.83. The molecule has 1 amide bonds. The van der Waals surface area contributed by atoms with Gasteiger partial charge in [-0.1, -0.05) is 22.4 Å². The van der Waals surface area contributed by atoms with Gasteiger partial charge >= 0.3 is 0 Å². The maximum atomic E-state index is 12.1. The average molecular weight is 469 g/mol.